The first-order valence-electron chi connectivity index (χ1n) is 7.67. The number of nitrogens with one attached hydrogen (secondary N) is 1. The summed E-state index contributed by atoms with van der Waals surface area (Å²) in [6, 6.07) is 10.8. The number of anilines is 1. The highest BCUT2D eigenvalue weighted by atomic mass is 35.5. The number of aryl methyl sites for hydroxylation is 3. The van der Waals surface area contributed by atoms with Crippen LogP contribution < -0.4 is 5.32 Å². The molecule has 0 atom stereocenters. The van der Waals surface area contributed by atoms with Crippen LogP contribution in [0.1, 0.15) is 27.0 Å². The van der Waals surface area contributed by atoms with Gasteiger partial charge in [-0.3, -0.25) is 9.59 Å². The van der Waals surface area contributed by atoms with Crippen molar-refractivity contribution >= 4 is 29.1 Å². The molecule has 0 radical (unpaired) electrons. The lowest BCUT2D eigenvalue weighted by Crippen LogP contribution is -2.35. The van der Waals surface area contributed by atoms with Crippen LogP contribution in [0.5, 0.6) is 0 Å². The number of rotatable bonds is 4. The molecule has 0 aromatic heterocycles. The van der Waals surface area contributed by atoms with E-state index in [9.17, 15) is 9.59 Å². The summed E-state index contributed by atoms with van der Waals surface area (Å²) in [5.41, 5.74) is 4.33. The van der Waals surface area contributed by atoms with Crippen molar-refractivity contribution < 1.29 is 9.59 Å². The fraction of sp³-hybridized carbons (Fsp3) is 0.263. The van der Waals surface area contributed by atoms with Gasteiger partial charge in [0.05, 0.1) is 17.1 Å². The van der Waals surface area contributed by atoms with Gasteiger partial charge in [0.1, 0.15) is 0 Å². The van der Waals surface area contributed by atoms with E-state index < -0.39 is 0 Å². The zero-order chi connectivity index (χ0) is 17.9. The average Bonchev–Trinajstić information content (AvgIpc) is 2.50. The number of nitrogens with zero attached hydrogens (tertiary/aromatic N) is 1. The molecule has 2 aromatic carbocycles. The summed E-state index contributed by atoms with van der Waals surface area (Å²) in [6.45, 7) is 5.88. The van der Waals surface area contributed by atoms with Crippen LogP contribution in [0.2, 0.25) is 5.02 Å². The number of hydrogen-bond donors (Lipinski definition) is 1. The fourth-order valence-corrected chi connectivity index (χ4v) is 2.90. The van der Waals surface area contributed by atoms with Crippen molar-refractivity contribution in [1.29, 1.82) is 0 Å². The number of carbonyl (C=O) groups excluding carboxylic acids is 2. The highest BCUT2D eigenvalue weighted by Gasteiger charge is 2.18. The molecule has 2 rings (SSSR count). The summed E-state index contributed by atoms with van der Waals surface area (Å²) in [6.07, 6.45) is 0. The van der Waals surface area contributed by atoms with Crippen molar-refractivity contribution in [1.82, 2.24) is 4.90 Å². The summed E-state index contributed by atoms with van der Waals surface area (Å²) in [5.74, 6) is -0.527. The summed E-state index contributed by atoms with van der Waals surface area (Å²) >= 11 is 6.04. The Labute approximate surface area is 147 Å². The van der Waals surface area contributed by atoms with Crippen molar-refractivity contribution in [2.24, 2.45) is 0 Å². The van der Waals surface area contributed by atoms with E-state index in [1.54, 1.807) is 31.3 Å². The fourth-order valence-electron chi connectivity index (χ4n) is 2.68. The maximum Gasteiger partial charge on any atom is 0.255 e. The molecule has 0 spiro atoms. The SMILES string of the molecule is Cc1cc(C)c(NC(=O)CN(C)C(=O)c2ccccc2Cl)c(C)c1. The molecule has 24 heavy (non-hydrogen) atoms. The molecule has 0 saturated carbocycles. The zero-order valence-corrected chi connectivity index (χ0v) is 15.1. The molecule has 2 amide bonds. The van der Waals surface area contributed by atoms with Gasteiger partial charge in [-0.15, -0.1) is 0 Å². The van der Waals surface area contributed by atoms with Crippen LogP contribution in [0.3, 0.4) is 0 Å². The lowest BCUT2D eigenvalue weighted by molar-refractivity contribution is -0.116. The molecule has 0 saturated heterocycles. The molecule has 0 unspecified atom stereocenters. The van der Waals surface area contributed by atoms with E-state index in [0.717, 1.165) is 22.4 Å². The molecular formula is C19H21ClN2O2. The Kier molecular flexibility index (Phi) is 5.62. The highest BCUT2D eigenvalue weighted by molar-refractivity contribution is 6.33. The summed E-state index contributed by atoms with van der Waals surface area (Å²) in [4.78, 5) is 26.0. The van der Waals surface area contributed by atoms with E-state index in [2.05, 4.69) is 5.32 Å². The third-order valence-corrected chi connectivity index (χ3v) is 4.10. The number of likely N-dealkylation sites (N-methyl/N-ethyl adjacent to an activating group) is 1. The molecule has 0 aliphatic rings. The van der Waals surface area contributed by atoms with Gasteiger partial charge < -0.3 is 10.2 Å². The molecule has 0 aliphatic heterocycles. The van der Waals surface area contributed by atoms with E-state index >= 15 is 0 Å². The number of amides is 2. The summed E-state index contributed by atoms with van der Waals surface area (Å²) in [7, 11) is 1.58. The maximum atomic E-state index is 12.4. The quantitative estimate of drug-likeness (QED) is 0.912. The lowest BCUT2D eigenvalue weighted by Gasteiger charge is -2.19. The van der Waals surface area contributed by atoms with Gasteiger partial charge in [0.2, 0.25) is 5.91 Å². The van der Waals surface area contributed by atoms with Crippen LogP contribution in [-0.2, 0) is 4.79 Å². The Morgan fingerprint density at radius 2 is 1.67 bits per heavy atom. The zero-order valence-electron chi connectivity index (χ0n) is 14.3. The van der Waals surface area contributed by atoms with Crippen LogP contribution in [-0.4, -0.2) is 30.3 Å². The van der Waals surface area contributed by atoms with E-state index in [-0.39, 0.29) is 18.4 Å². The number of hydrogen-bond acceptors (Lipinski definition) is 2. The summed E-state index contributed by atoms with van der Waals surface area (Å²) < 4.78 is 0. The lowest BCUT2D eigenvalue weighted by atomic mass is 10.1. The van der Waals surface area contributed by atoms with E-state index in [0.29, 0.717) is 10.6 Å². The van der Waals surface area contributed by atoms with Crippen molar-refractivity contribution in [3.63, 3.8) is 0 Å². The Balaban J connectivity index is 2.07. The maximum absolute atomic E-state index is 12.4. The van der Waals surface area contributed by atoms with Gasteiger partial charge in [-0.25, -0.2) is 0 Å². The molecule has 0 bridgehead atoms. The number of halogens is 1. The molecular weight excluding hydrogens is 324 g/mol. The van der Waals surface area contributed by atoms with Crippen LogP contribution >= 0.6 is 11.6 Å². The first-order valence-corrected chi connectivity index (χ1v) is 8.05. The van der Waals surface area contributed by atoms with Crippen LogP contribution in [0.15, 0.2) is 36.4 Å². The average molecular weight is 345 g/mol. The molecule has 2 aromatic rings. The minimum Gasteiger partial charge on any atom is -0.332 e. The first kappa shape index (κ1) is 18.0. The molecule has 4 nitrogen and oxygen atoms in total. The molecule has 126 valence electrons. The topological polar surface area (TPSA) is 49.4 Å². The van der Waals surface area contributed by atoms with Gasteiger partial charge in [-0.1, -0.05) is 41.4 Å². The van der Waals surface area contributed by atoms with Gasteiger partial charge in [0.15, 0.2) is 0 Å². The van der Waals surface area contributed by atoms with Crippen LogP contribution in [0.4, 0.5) is 5.69 Å². The predicted octanol–water partition coefficient (Wildman–Crippen LogP) is 3.98. The number of benzene rings is 2. The Hall–Kier alpha value is -2.33. The van der Waals surface area contributed by atoms with Crippen LogP contribution in [0.25, 0.3) is 0 Å². The Morgan fingerprint density at radius 1 is 1.08 bits per heavy atom. The van der Waals surface area contributed by atoms with Gasteiger partial charge in [-0.2, -0.15) is 0 Å². The second-order valence-corrected chi connectivity index (χ2v) is 6.37. The molecule has 0 heterocycles. The number of carbonyl (C=O) groups is 2. The minimum atomic E-state index is -0.284. The standard InChI is InChI=1S/C19H21ClN2O2/c1-12-9-13(2)18(14(3)10-12)21-17(23)11-22(4)19(24)15-7-5-6-8-16(15)20/h5-10H,11H2,1-4H3,(H,21,23). The summed E-state index contributed by atoms with van der Waals surface area (Å²) in [5, 5.41) is 3.27. The minimum absolute atomic E-state index is 0.0448. The van der Waals surface area contributed by atoms with E-state index in [1.165, 1.54) is 4.90 Å². The van der Waals surface area contributed by atoms with Crippen molar-refractivity contribution in [2.75, 3.05) is 18.9 Å². The monoisotopic (exact) mass is 344 g/mol. The van der Waals surface area contributed by atoms with E-state index in [4.69, 9.17) is 11.6 Å². The molecule has 0 aliphatic carbocycles. The van der Waals surface area contributed by atoms with Crippen molar-refractivity contribution in [2.45, 2.75) is 20.8 Å². The second kappa shape index (κ2) is 7.49. The molecule has 5 heteroatoms. The highest BCUT2D eigenvalue weighted by Crippen LogP contribution is 2.22. The predicted molar refractivity (Wildman–Crippen MR) is 97.7 cm³/mol. The third-order valence-electron chi connectivity index (χ3n) is 3.77. The molecule has 1 N–H and O–H groups in total. The van der Waals surface area contributed by atoms with Crippen molar-refractivity contribution in [3.05, 3.63) is 63.7 Å². The normalized spacial score (nSPS) is 10.4. The van der Waals surface area contributed by atoms with Gasteiger partial charge in [-0.05, 0) is 44.0 Å². The Morgan fingerprint density at radius 3 is 2.25 bits per heavy atom. The first-order chi connectivity index (χ1) is 11.3. The largest absolute Gasteiger partial charge is 0.332 e. The second-order valence-electron chi connectivity index (χ2n) is 5.96. The van der Waals surface area contributed by atoms with Gasteiger partial charge >= 0.3 is 0 Å². The van der Waals surface area contributed by atoms with Gasteiger partial charge in [0.25, 0.3) is 5.91 Å². The third kappa shape index (κ3) is 4.15. The molecule has 0 fully saturated rings. The van der Waals surface area contributed by atoms with Gasteiger partial charge in [0, 0.05) is 12.7 Å². The van der Waals surface area contributed by atoms with E-state index in [1.807, 2.05) is 32.9 Å². The van der Waals surface area contributed by atoms with Crippen molar-refractivity contribution in [3.8, 4) is 0 Å². The smallest absolute Gasteiger partial charge is 0.255 e. The Bertz CT molecular complexity index is 764. The van der Waals surface area contributed by atoms with Crippen LogP contribution in [0, 0.1) is 20.8 Å².